The number of halogens is 2. The van der Waals surface area contributed by atoms with Crippen molar-refractivity contribution < 1.29 is 4.39 Å². The van der Waals surface area contributed by atoms with Gasteiger partial charge in [0, 0.05) is 65.3 Å². The summed E-state index contributed by atoms with van der Waals surface area (Å²) >= 11 is 5.94. The number of pyridine rings is 3. The van der Waals surface area contributed by atoms with E-state index >= 15 is 0 Å². The van der Waals surface area contributed by atoms with Gasteiger partial charge in [0.05, 0.1) is 17.1 Å². The number of benzene rings is 2. The molecule has 0 fully saturated rings. The molecular weight excluding hydrogens is 775 g/mol. The number of fused-ring (bicyclic) bond motifs is 1. The molecule has 6 aromatic heterocycles. The van der Waals surface area contributed by atoms with Gasteiger partial charge < -0.3 is 0 Å². The lowest BCUT2D eigenvalue weighted by atomic mass is 9.80. The maximum absolute atomic E-state index is 13.9. The predicted molar refractivity (Wildman–Crippen MR) is 236 cm³/mol. The quantitative estimate of drug-likeness (QED) is 0.135. The Bertz CT molecular complexity index is 2600. The van der Waals surface area contributed by atoms with Crippen LogP contribution in [0.2, 0.25) is 5.02 Å². The van der Waals surface area contributed by atoms with Crippen LogP contribution in [0.25, 0.3) is 33.8 Å². The van der Waals surface area contributed by atoms with Gasteiger partial charge in [0.1, 0.15) is 22.9 Å². The maximum Gasteiger partial charge on any atom is 0.126 e. The van der Waals surface area contributed by atoms with Crippen molar-refractivity contribution in [1.82, 2.24) is 61.2 Å². The molecule has 0 amide bonds. The molecule has 1 aliphatic rings. The molecule has 310 valence electrons. The average Bonchev–Trinajstić information content (AvgIpc) is 4.00. The molecule has 8 aromatic rings. The molecule has 0 saturated carbocycles. The van der Waals surface area contributed by atoms with E-state index in [4.69, 9.17) is 11.6 Å². The highest BCUT2D eigenvalue weighted by Crippen LogP contribution is 2.36. The minimum atomic E-state index is -0.286. The Balaban J connectivity index is 0.000000175. The molecule has 1 unspecified atom stereocenters. The van der Waals surface area contributed by atoms with Gasteiger partial charge in [-0.05, 0) is 135 Å². The van der Waals surface area contributed by atoms with Gasteiger partial charge >= 0.3 is 0 Å². The lowest BCUT2D eigenvalue weighted by Gasteiger charge is -2.25. The zero-order valence-electron chi connectivity index (χ0n) is 32.8. The average molecular weight is 827 g/mol. The van der Waals surface area contributed by atoms with Crippen LogP contribution in [0, 0.1) is 33.5 Å². The third-order valence-corrected chi connectivity index (χ3v) is 10.6. The molecule has 2 aromatic carbocycles. The fraction of sp³-hybridized carbons (Fsp3) is 0.283. The molecule has 14 heteroatoms. The smallest absolute Gasteiger partial charge is 0.126 e. The topological polar surface area (TPSA) is 163 Å². The normalized spacial score (nSPS) is 12.7. The van der Waals surface area contributed by atoms with Gasteiger partial charge in [-0.1, -0.05) is 50.7 Å². The Labute approximate surface area is 355 Å². The van der Waals surface area contributed by atoms with Gasteiger partial charge in [-0.25, -0.2) is 4.39 Å². The summed E-state index contributed by atoms with van der Waals surface area (Å²) in [5.41, 5.74) is 15.2. The van der Waals surface area contributed by atoms with Crippen LogP contribution in [-0.2, 0) is 19.3 Å². The van der Waals surface area contributed by atoms with Gasteiger partial charge in [-0.3, -0.25) is 15.0 Å². The minimum Gasteiger partial charge on any atom is -0.264 e. The predicted octanol–water partition coefficient (Wildman–Crippen LogP) is 10.5. The molecule has 0 radical (unpaired) electrons. The van der Waals surface area contributed by atoms with Gasteiger partial charge in [0.15, 0.2) is 0 Å². The van der Waals surface area contributed by atoms with Crippen molar-refractivity contribution in [1.29, 1.82) is 0 Å². The van der Waals surface area contributed by atoms with E-state index < -0.39 is 0 Å². The van der Waals surface area contributed by atoms with Crippen LogP contribution >= 0.6 is 11.6 Å². The molecule has 60 heavy (non-hydrogen) atoms. The first kappa shape index (κ1) is 44.6. The van der Waals surface area contributed by atoms with Crippen molar-refractivity contribution in [2.75, 3.05) is 0 Å². The van der Waals surface area contributed by atoms with Crippen LogP contribution in [-0.4, -0.2) is 61.2 Å². The molecule has 12 nitrogen and oxygen atoms in total. The third kappa shape index (κ3) is 10.6. The van der Waals surface area contributed by atoms with E-state index in [0.717, 1.165) is 74.8 Å². The summed E-state index contributed by atoms with van der Waals surface area (Å²) < 4.78 is 13.9. The van der Waals surface area contributed by atoms with E-state index in [-0.39, 0.29) is 20.7 Å². The van der Waals surface area contributed by atoms with Crippen LogP contribution in [0.3, 0.4) is 0 Å². The van der Waals surface area contributed by atoms with Crippen molar-refractivity contribution in [3.63, 3.8) is 0 Å². The van der Waals surface area contributed by atoms with Crippen molar-refractivity contribution in [3.8, 4) is 33.8 Å². The molecule has 0 saturated heterocycles. The summed E-state index contributed by atoms with van der Waals surface area (Å²) in [5.74, 6) is 0.368. The molecule has 9 rings (SSSR count). The highest BCUT2D eigenvalue weighted by molar-refractivity contribution is 6.30. The van der Waals surface area contributed by atoms with Crippen molar-refractivity contribution in [3.05, 3.63) is 159 Å². The van der Waals surface area contributed by atoms with E-state index in [1.807, 2.05) is 58.4 Å². The zero-order valence-corrected chi connectivity index (χ0v) is 33.6. The Morgan fingerprint density at radius 1 is 0.633 bits per heavy atom. The van der Waals surface area contributed by atoms with E-state index in [9.17, 15) is 4.39 Å². The summed E-state index contributed by atoms with van der Waals surface area (Å²) in [6.45, 7) is 7.79. The van der Waals surface area contributed by atoms with Crippen LogP contribution < -0.4 is 0 Å². The fourth-order valence-corrected chi connectivity index (χ4v) is 7.58. The van der Waals surface area contributed by atoms with Gasteiger partial charge in [-0.15, -0.1) is 0 Å². The number of nitrogens with zero attached hydrogens (tertiary/aromatic N) is 9. The largest absolute Gasteiger partial charge is 0.264 e. The van der Waals surface area contributed by atoms with Gasteiger partial charge in [0.25, 0.3) is 0 Å². The number of hydrogen-bond donors (Lipinski definition) is 3. The summed E-state index contributed by atoms with van der Waals surface area (Å²) in [4.78, 5) is 12.5. The number of aromatic nitrogens is 12. The Morgan fingerprint density at radius 2 is 1.18 bits per heavy atom. The summed E-state index contributed by atoms with van der Waals surface area (Å²) in [5, 5.41) is 33.1. The summed E-state index contributed by atoms with van der Waals surface area (Å²) in [6.07, 6.45) is 17.2. The third-order valence-electron chi connectivity index (χ3n) is 10.4. The number of H-pyrrole nitrogens is 3. The molecule has 1 atom stereocenters. The SMILES string of the molecule is C.C.Cc1cnccc1-c1n[nH]nc1C.Cc1n[nH]nc1-c1ccncc1CCC1CCCc2ccccc21.Cc1n[nH]nc1-c1ccncc1Cc1cc(Cl)ccc1F. The van der Waals surface area contributed by atoms with Crippen LogP contribution in [0.1, 0.15) is 90.5 Å². The highest BCUT2D eigenvalue weighted by atomic mass is 35.5. The molecular formula is C46H52ClFN12. The molecule has 6 heterocycles. The second-order valence-corrected chi connectivity index (χ2v) is 14.7. The van der Waals surface area contributed by atoms with Crippen LogP contribution in [0.4, 0.5) is 4.39 Å². The number of aromatic amines is 3. The number of aryl methyl sites for hydroxylation is 6. The van der Waals surface area contributed by atoms with Crippen LogP contribution in [0.15, 0.2) is 97.8 Å². The molecule has 0 spiro atoms. The Kier molecular flexibility index (Phi) is 15.6. The number of nitrogens with one attached hydrogen (secondary N) is 3. The lowest BCUT2D eigenvalue weighted by Crippen LogP contribution is -2.10. The zero-order chi connectivity index (χ0) is 40.4. The van der Waals surface area contributed by atoms with Crippen molar-refractivity contribution in [2.45, 2.75) is 87.0 Å². The molecule has 1 aliphatic carbocycles. The van der Waals surface area contributed by atoms with E-state index in [1.54, 1.807) is 30.2 Å². The fourth-order valence-electron chi connectivity index (χ4n) is 7.38. The second-order valence-electron chi connectivity index (χ2n) is 14.3. The summed E-state index contributed by atoms with van der Waals surface area (Å²) in [7, 11) is 0. The first-order valence-electron chi connectivity index (χ1n) is 19.2. The van der Waals surface area contributed by atoms with Crippen molar-refractivity contribution >= 4 is 11.6 Å². The first-order chi connectivity index (χ1) is 28.3. The Morgan fingerprint density at radius 3 is 1.78 bits per heavy atom. The van der Waals surface area contributed by atoms with E-state index in [2.05, 4.69) is 91.5 Å². The lowest BCUT2D eigenvalue weighted by molar-refractivity contribution is 0.520. The summed E-state index contributed by atoms with van der Waals surface area (Å²) in [6, 6.07) is 19.3. The molecule has 0 bridgehead atoms. The van der Waals surface area contributed by atoms with E-state index in [1.165, 1.54) is 42.5 Å². The van der Waals surface area contributed by atoms with Crippen LogP contribution in [0.5, 0.6) is 0 Å². The minimum absolute atomic E-state index is 0. The standard InChI is InChI=1S/C20H22N4.C15H12ClFN4.C9H10N4.2CH4/c1-14-20(23-24-22-14)19-11-12-21-13-17(19)10-9-16-7-4-6-15-5-2-3-8-18(15)16;1-9-15(20-21-19-9)13-4-5-18-8-11(13)6-10-7-12(16)2-3-14(10)17;1-6-5-10-4-3-8(6)9-7(2)11-13-12-9;;/h2-3,5,8,11-13,16H,4,6-7,9-10H2,1H3,(H,22,23,24);2-5,7-8H,6H2,1H3,(H,19,20,21);3-5H,1-2H3,(H,11,12,13);2*1H4. The highest BCUT2D eigenvalue weighted by Gasteiger charge is 2.21. The molecule has 0 aliphatic heterocycles. The molecule has 3 N–H and O–H groups in total. The van der Waals surface area contributed by atoms with E-state index in [0.29, 0.717) is 22.9 Å². The van der Waals surface area contributed by atoms with Gasteiger partial charge in [0.2, 0.25) is 0 Å². The first-order valence-corrected chi connectivity index (χ1v) is 19.6. The monoisotopic (exact) mass is 826 g/mol. The Hall–Kier alpha value is -6.47. The maximum atomic E-state index is 13.9. The number of rotatable bonds is 8. The van der Waals surface area contributed by atoms with Crippen molar-refractivity contribution in [2.24, 2.45) is 0 Å². The van der Waals surface area contributed by atoms with Gasteiger partial charge in [-0.2, -0.15) is 46.2 Å². The second kappa shape index (κ2) is 21.0. The number of hydrogen-bond acceptors (Lipinski definition) is 9.